The van der Waals surface area contributed by atoms with Crippen LogP contribution in [0.4, 0.5) is 0 Å². The van der Waals surface area contributed by atoms with Gasteiger partial charge in [-0.1, -0.05) is 0 Å². The molecule has 0 radical (unpaired) electrons. The van der Waals surface area contributed by atoms with Crippen LogP contribution in [0.2, 0.25) is 0 Å². The summed E-state index contributed by atoms with van der Waals surface area (Å²) >= 11 is 0. The zero-order valence-corrected chi connectivity index (χ0v) is 7.93. The first-order valence-electron chi connectivity index (χ1n) is 4.38. The summed E-state index contributed by atoms with van der Waals surface area (Å²) in [5.41, 5.74) is -0.0334. The van der Waals surface area contributed by atoms with E-state index in [4.69, 9.17) is 10.2 Å². The molecule has 0 aliphatic carbocycles. The fourth-order valence-electron chi connectivity index (χ4n) is 0.970. The Morgan fingerprint density at radius 1 is 1.40 bits per heavy atom. The number of aliphatic hydroxyl groups excluding tert-OH is 2. The van der Waals surface area contributed by atoms with Gasteiger partial charge in [0.2, 0.25) is 5.56 Å². The Labute approximate surface area is 85.6 Å². The number of carbonyl (C=O) groups is 1. The standard InChI is InChI=1S/C9H12N2O4/c12-4-7(5-13)11-9(15)6-1-2-8(14)10-3-6/h1-3,7,12-13H,4-5H2,(H,10,14)(H,11,15). The van der Waals surface area contributed by atoms with E-state index in [0.717, 1.165) is 0 Å². The second-order valence-electron chi connectivity index (χ2n) is 2.98. The van der Waals surface area contributed by atoms with Crippen molar-refractivity contribution in [3.8, 4) is 0 Å². The van der Waals surface area contributed by atoms with Gasteiger partial charge in [-0.05, 0) is 6.07 Å². The third-order valence-electron chi connectivity index (χ3n) is 1.82. The molecule has 82 valence electrons. The number of H-pyrrole nitrogens is 1. The molecule has 0 spiro atoms. The van der Waals surface area contributed by atoms with Crippen molar-refractivity contribution < 1.29 is 15.0 Å². The largest absolute Gasteiger partial charge is 0.394 e. The highest BCUT2D eigenvalue weighted by Gasteiger charge is 2.11. The van der Waals surface area contributed by atoms with Gasteiger partial charge >= 0.3 is 0 Å². The number of hydrogen-bond acceptors (Lipinski definition) is 4. The van der Waals surface area contributed by atoms with E-state index in [1.54, 1.807) is 0 Å². The van der Waals surface area contributed by atoms with Crippen LogP contribution in [0.3, 0.4) is 0 Å². The molecule has 4 N–H and O–H groups in total. The number of amides is 1. The first kappa shape index (κ1) is 11.4. The van der Waals surface area contributed by atoms with Crippen LogP contribution in [0.1, 0.15) is 10.4 Å². The molecule has 15 heavy (non-hydrogen) atoms. The molecule has 1 rings (SSSR count). The van der Waals surface area contributed by atoms with Gasteiger partial charge in [0, 0.05) is 12.3 Å². The lowest BCUT2D eigenvalue weighted by Crippen LogP contribution is -2.40. The van der Waals surface area contributed by atoms with Crippen LogP contribution in [-0.2, 0) is 0 Å². The third kappa shape index (κ3) is 3.19. The topological polar surface area (TPSA) is 102 Å². The number of carbonyl (C=O) groups excluding carboxylic acids is 1. The number of aromatic nitrogens is 1. The molecule has 6 heteroatoms. The molecule has 0 bridgehead atoms. The maximum absolute atomic E-state index is 11.4. The van der Waals surface area contributed by atoms with Crippen molar-refractivity contribution in [1.82, 2.24) is 10.3 Å². The Kier molecular flexibility index (Phi) is 4.02. The molecule has 0 aromatic carbocycles. The van der Waals surface area contributed by atoms with Crippen LogP contribution >= 0.6 is 0 Å². The molecule has 0 atom stereocenters. The van der Waals surface area contributed by atoms with Crippen molar-refractivity contribution in [1.29, 1.82) is 0 Å². The highest BCUT2D eigenvalue weighted by atomic mass is 16.3. The molecule has 1 amide bonds. The molecule has 1 aromatic rings. The Balaban J connectivity index is 2.68. The van der Waals surface area contributed by atoms with Crippen LogP contribution in [0.15, 0.2) is 23.1 Å². The highest BCUT2D eigenvalue weighted by molar-refractivity contribution is 5.93. The van der Waals surface area contributed by atoms with E-state index < -0.39 is 11.9 Å². The smallest absolute Gasteiger partial charge is 0.253 e. The summed E-state index contributed by atoms with van der Waals surface area (Å²) in [6.07, 6.45) is 1.27. The highest BCUT2D eigenvalue weighted by Crippen LogP contribution is 1.94. The second kappa shape index (κ2) is 5.28. The van der Waals surface area contributed by atoms with Gasteiger partial charge in [-0.2, -0.15) is 0 Å². The Morgan fingerprint density at radius 2 is 2.07 bits per heavy atom. The van der Waals surface area contributed by atoms with E-state index in [2.05, 4.69) is 10.3 Å². The van der Waals surface area contributed by atoms with E-state index in [-0.39, 0.29) is 24.3 Å². The van der Waals surface area contributed by atoms with Gasteiger partial charge in [-0.3, -0.25) is 9.59 Å². The average Bonchev–Trinajstić information content (AvgIpc) is 2.26. The van der Waals surface area contributed by atoms with Crippen molar-refractivity contribution in [3.63, 3.8) is 0 Å². The zero-order chi connectivity index (χ0) is 11.3. The number of aromatic amines is 1. The van der Waals surface area contributed by atoms with Gasteiger partial charge < -0.3 is 20.5 Å². The number of pyridine rings is 1. The van der Waals surface area contributed by atoms with E-state index in [9.17, 15) is 9.59 Å². The van der Waals surface area contributed by atoms with Crippen molar-refractivity contribution in [2.75, 3.05) is 13.2 Å². The molecule has 1 aromatic heterocycles. The van der Waals surface area contributed by atoms with Crippen LogP contribution < -0.4 is 10.9 Å². The molecule has 0 aliphatic rings. The number of aliphatic hydroxyl groups is 2. The van der Waals surface area contributed by atoms with Crippen molar-refractivity contribution >= 4 is 5.91 Å². The number of hydrogen-bond donors (Lipinski definition) is 4. The van der Waals surface area contributed by atoms with Gasteiger partial charge in [0.1, 0.15) is 0 Å². The zero-order valence-electron chi connectivity index (χ0n) is 7.93. The summed E-state index contributed by atoms with van der Waals surface area (Å²) in [6, 6.07) is 1.89. The van der Waals surface area contributed by atoms with E-state index in [0.29, 0.717) is 0 Å². The average molecular weight is 212 g/mol. The van der Waals surface area contributed by atoms with Gasteiger partial charge in [0.25, 0.3) is 5.91 Å². The van der Waals surface area contributed by atoms with Crippen LogP contribution in [0.25, 0.3) is 0 Å². The number of rotatable bonds is 4. The number of nitrogens with one attached hydrogen (secondary N) is 2. The molecule has 0 aliphatic heterocycles. The lowest BCUT2D eigenvalue weighted by atomic mass is 10.2. The van der Waals surface area contributed by atoms with Gasteiger partial charge in [0.15, 0.2) is 0 Å². The molecule has 6 nitrogen and oxygen atoms in total. The van der Waals surface area contributed by atoms with E-state index in [1.807, 2.05) is 0 Å². The van der Waals surface area contributed by atoms with Gasteiger partial charge in [-0.15, -0.1) is 0 Å². The lowest BCUT2D eigenvalue weighted by molar-refractivity contribution is 0.0879. The Hall–Kier alpha value is -1.66. The Morgan fingerprint density at radius 3 is 2.53 bits per heavy atom. The van der Waals surface area contributed by atoms with Crippen LogP contribution in [0, 0.1) is 0 Å². The van der Waals surface area contributed by atoms with Gasteiger partial charge in [0.05, 0.1) is 24.8 Å². The van der Waals surface area contributed by atoms with Crippen LogP contribution in [0.5, 0.6) is 0 Å². The van der Waals surface area contributed by atoms with Crippen molar-refractivity contribution in [3.05, 3.63) is 34.2 Å². The molecule has 0 unspecified atom stereocenters. The molecule has 1 heterocycles. The predicted octanol–water partition coefficient (Wildman–Crippen LogP) is -1.54. The fraction of sp³-hybridized carbons (Fsp3) is 0.333. The molecule has 0 saturated carbocycles. The molecule has 0 saturated heterocycles. The first-order valence-corrected chi connectivity index (χ1v) is 4.38. The van der Waals surface area contributed by atoms with Gasteiger partial charge in [-0.25, -0.2) is 0 Å². The third-order valence-corrected chi connectivity index (χ3v) is 1.82. The minimum atomic E-state index is -0.690. The van der Waals surface area contributed by atoms with Crippen molar-refractivity contribution in [2.45, 2.75) is 6.04 Å². The minimum Gasteiger partial charge on any atom is -0.394 e. The van der Waals surface area contributed by atoms with Crippen LogP contribution in [-0.4, -0.2) is 40.4 Å². The lowest BCUT2D eigenvalue weighted by Gasteiger charge is -2.12. The Bertz CT molecular complexity index is 363. The maximum atomic E-state index is 11.4. The van der Waals surface area contributed by atoms with Crippen molar-refractivity contribution in [2.24, 2.45) is 0 Å². The second-order valence-corrected chi connectivity index (χ2v) is 2.98. The minimum absolute atomic E-state index is 0.265. The maximum Gasteiger partial charge on any atom is 0.253 e. The summed E-state index contributed by atoms with van der Waals surface area (Å²) in [7, 11) is 0. The summed E-state index contributed by atoms with van der Waals surface area (Å²) in [4.78, 5) is 24.5. The van der Waals surface area contributed by atoms with E-state index in [1.165, 1.54) is 18.3 Å². The normalized spacial score (nSPS) is 10.3. The summed E-state index contributed by atoms with van der Waals surface area (Å²) < 4.78 is 0. The summed E-state index contributed by atoms with van der Waals surface area (Å²) in [5, 5.41) is 19.9. The summed E-state index contributed by atoms with van der Waals surface area (Å²) in [6.45, 7) is -0.683. The molecular weight excluding hydrogens is 200 g/mol. The monoisotopic (exact) mass is 212 g/mol. The predicted molar refractivity (Wildman–Crippen MR) is 52.5 cm³/mol. The quantitative estimate of drug-likeness (QED) is 0.485. The SMILES string of the molecule is O=C(NC(CO)CO)c1ccc(=O)[nH]c1. The first-order chi connectivity index (χ1) is 7.17. The fourth-order valence-corrected chi connectivity index (χ4v) is 0.970. The molecular formula is C9H12N2O4. The molecule has 0 fully saturated rings. The van der Waals surface area contributed by atoms with E-state index >= 15 is 0 Å². The summed E-state index contributed by atoms with van der Waals surface area (Å²) in [5.74, 6) is -0.459.